The Morgan fingerprint density at radius 1 is 0.967 bits per heavy atom. The number of aryl methyl sites for hydroxylation is 1. The van der Waals surface area contributed by atoms with Crippen molar-refractivity contribution in [3.05, 3.63) is 77.2 Å². The van der Waals surface area contributed by atoms with E-state index in [4.69, 9.17) is 4.74 Å². The Balaban J connectivity index is 0.000000489. The summed E-state index contributed by atoms with van der Waals surface area (Å²) >= 11 is 1.60. The molecule has 1 aromatic heterocycles. The van der Waals surface area contributed by atoms with Crippen LogP contribution in [-0.2, 0) is 6.42 Å². The molecule has 3 aromatic carbocycles. The minimum Gasteiger partial charge on any atom is -0.493 e. The number of rotatable bonds is 6. The lowest BCUT2D eigenvalue weighted by Crippen LogP contribution is -2.02. The molecule has 1 fully saturated rings. The van der Waals surface area contributed by atoms with Crippen molar-refractivity contribution < 1.29 is 9.53 Å². The fraction of sp³-hybridized carbons (Fsp3) is 0.296. The quantitative estimate of drug-likeness (QED) is 0.238. The van der Waals surface area contributed by atoms with Crippen molar-refractivity contribution in [3.8, 4) is 5.75 Å². The van der Waals surface area contributed by atoms with E-state index >= 15 is 0 Å². The molecule has 5 rings (SSSR count). The Hall–Kier alpha value is -2.65. The molecule has 0 spiro atoms. The summed E-state index contributed by atoms with van der Waals surface area (Å²) in [7, 11) is 0. The second-order valence-corrected chi connectivity index (χ2v) is 9.13. The zero-order valence-corrected chi connectivity index (χ0v) is 18.5. The van der Waals surface area contributed by atoms with Crippen molar-refractivity contribution in [3.63, 3.8) is 0 Å². The third kappa shape index (κ3) is 4.91. The van der Waals surface area contributed by atoms with E-state index in [1.54, 1.807) is 18.3 Å². The largest absolute Gasteiger partial charge is 0.493 e. The van der Waals surface area contributed by atoms with Crippen LogP contribution in [0.5, 0.6) is 5.75 Å². The minimum absolute atomic E-state index is 0.149. The van der Waals surface area contributed by atoms with E-state index in [1.807, 2.05) is 36.4 Å². The van der Waals surface area contributed by atoms with Gasteiger partial charge in [-0.2, -0.15) is 0 Å². The number of hydrogen-bond donors (Lipinski definition) is 0. The Labute approximate surface area is 182 Å². The molecule has 0 saturated heterocycles. The highest BCUT2D eigenvalue weighted by molar-refractivity contribution is 7.21. The van der Waals surface area contributed by atoms with Gasteiger partial charge in [0.25, 0.3) is 0 Å². The van der Waals surface area contributed by atoms with E-state index in [0.717, 1.165) is 34.8 Å². The van der Waals surface area contributed by atoms with Gasteiger partial charge in [-0.1, -0.05) is 74.4 Å². The molecule has 0 aliphatic heterocycles. The van der Waals surface area contributed by atoms with Gasteiger partial charge in [0.15, 0.2) is 5.78 Å². The lowest BCUT2D eigenvalue weighted by Gasteiger charge is -2.09. The summed E-state index contributed by atoms with van der Waals surface area (Å²) in [5.41, 5.74) is 1.17. The van der Waals surface area contributed by atoms with Crippen LogP contribution in [0, 0.1) is 5.92 Å². The Kier molecular flexibility index (Phi) is 6.49. The lowest BCUT2D eigenvalue weighted by molar-refractivity contribution is 0.102. The maximum atomic E-state index is 12.0. The summed E-state index contributed by atoms with van der Waals surface area (Å²) in [6.45, 7) is 4.57. The molecular formula is C27H28O2S. The highest BCUT2D eigenvalue weighted by Gasteiger charge is 2.15. The Bertz CT molecular complexity index is 1150. The van der Waals surface area contributed by atoms with Gasteiger partial charge in [-0.05, 0) is 54.2 Å². The van der Waals surface area contributed by atoms with Crippen molar-refractivity contribution in [1.29, 1.82) is 0 Å². The smallest absolute Gasteiger partial charge is 0.170 e. The van der Waals surface area contributed by atoms with E-state index in [2.05, 4.69) is 37.3 Å². The van der Waals surface area contributed by atoms with Crippen molar-refractivity contribution in [2.75, 3.05) is 6.61 Å². The maximum Gasteiger partial charge on any atom is 0.170 e. The third-order valence-corrected chi connectivity index (χ3v) is 6.78. The van der Waals surface area contributed by atoms with Crippen molar-refractivity contribution >= 4 is 38.0 Å². The molecule has 154 valence electrons. The fourth-order valence-electron chi connectivity index (χ4n) is 3.55. The lowest BCUT2D eigenvalue weighted by atomic mass is 10.0. The van der Waals surface area contributed by atoms with Gasteiger partial charge < -0.3 is 4.74 Å². The Morgan fingerprint density at radius 3 is 2.37 bits per heavy atom. The fourth-order valence-corrected chi connectivity index (χ4v) is 4.70. The van der Waals surface area contributed by atoms with Gasteiger partial charge in [-0.15, -0.1) is 11.3 Å². The number of carbonyl (C=O) groups excluding carboxylic acids is 1. The summed E-state index contributed by atoms with van der Waals surface area (Å²) in [5, 5.41) is 3.53. The first-order valence-corrected chi connectivity index (χ1v) is 11.6. The van der Waals surface area contributed by atoms with Gasteiger partial charge in [-0.25, -0.2) is 0 Å². The minimum atomic E-state index is 0.149. The van der Waals surface area contributed by atoms with E-state index in [9.17, 15) is 4.79 Å². The molecule has 2 nitrogen and oxygen atoms in total. The highest BCUT2D eigenvalue weighted by atomic mass is 32.1. The van der Waals surface area contributed by atoms with Gasteiger partial charge in [-0.3, -0.25) is 4.79 Å². The molecule has 1 aliphatic carbocycles. The first-order chi connectivity index (χ1) is 14.6. The normalized spacial score (nSPS) is 13.1. The first kappa shape index (κ1) is 20.6. The number of fused-ring (bicyclic) bond motifs is 2. The van der Waals surface area contributed by atoms with Gasteiger partial charge in [0.2, 0.25) is 0 Å². The first-order valence-electron chi connectivity index (χ1n) is 10.8. The zero-order chi connectivity index (χ0) is 20.9. The van der Waals surface area contributed by atoms with Gasteiger partial charge in [0.1, 0.15) is 5.75 Å². The average Bonchev–Trinajstić information content (AvgIpc) is 3.46. The van der Waals surface area contributed by atoms with Crippen LogP contribution in [0.15, 0.2) is 66.7 Å². The molecule has 0 unspecified atom stereocenters. The van der Waals surface area contributed by atoms with Gasteiger partial charge in [0, 0.05) is 10.1 Å². The summed E-state index contributed by atoms with van der Waals surface area (Å²) in [5.74, 6) is 2.15. The second-order valence-electron chi connectivity index (χ2n) is 8.07. The van der Waals surface area contributed by atoms with Crippen molar-refractivity contribution in [2.24, 2.45) is 5.92 Å². The van der Waals surface area contributed by atoms with Crippen LogP contribution in [0.3, 0.4) is 0 Å². The molecule has 1 saturated carbocycles. The van der Waals surface area contributed by atoms with Gasteiger partial charge >= 0.3 is 0 Å². The van der Waals surface area contributed by atoms with E-state index in [-0.39, 0.29) is 5.78 Å². The van der Waals surface area contributed by atoms with E-state index < -0.39 is 0 Å². The number of carbonyl (C=O) groups is 1. The van der Waals surface area contributed by atoms with Crippen LogP contribution in [0.4, 0.5) is 0 Å². The highest BCUT2D eigenvalue weighted by Crippen LogP contribution is 2.33. The van der Waals surface area contributed by atoms with Crippen molar-refractivity contribution in [1.82, 2.24) is 0 Å². The molecular weight excluding hydrogens is 388 g/mol. The topological polar surface area (TPSA) is 26.3 Å². The van der Waals surface area contributed by atoms with Crippen molar-refractivity contribution in [2.45, 2.75) is 39.5 Å². The van der Waals surface area contributed by atoms with Crippen LogP contribution >= 0.6 is 11.3 Å². The second kappa shape index (κ2) is 9.44. The number of Topliss-reactive ketones (excluding diaryl/α,β-unsaturated/α-hetero) is 1. The average molecular weight is 417 g/mol. The van der Waals surface area contributed by atoms with Crippen LogP contribution in [0.1, 0.15) is 48.3 Å². The number of hydrogen-bond acceptors (Lipinski definition) is 3. The van der Waals surface area contributed by atoms with Crippen LogP contribution in [-0.4, -0.2) is 12.4 Å². The molecule has 3 heteroatoms. The molecule has 30 heavy (non-hydrogen) atoms. The molecule has 0 N–H and O–H groups in total. The van der Waals surface area contributed by atoms with Crippen LogP contribution in [0.2, 0.25) is 0 Å². The molecule has 0 bridgehead atoms. The summed E-state index contributed by atoms with van der Waals surface area (Å²) in [6, 6.07) is 22.7. The predicted octanol–water partition coefficient (Wildman–Crippen LogP) is 7.69. The Morgan fingerprint density at radius 2 is 1.63 bits per heavy atom. The molecule has 0 amide bonds. The maximum absolute atomic E-state index is 12.0. The predicted molar refractivity (Wildman–Crippen MR) is 128 cm³/mol. The number of benzene rings is 3. The summed E-state index contributed by atoms with van der Waals surface area (Å²) < 4.78 is 7.23. The molecule has 1 heterocycles. The number of thiophene rings is 1. The molecule has 1 aliphatic rings. The molecule has 4 aromatic rings. The van der Waals surface area contributed by atoms with E-state index in [0.29, 0.717) is 6.61 Å². The summed E-state index contributed by atoms with van der Waals surface area (Å²) in [4.78, 5) is 12.9. The van der Waals surface area contributed by atoms with E-state index in [1.165, 1.54) is 33.9 Å². The standard InChI is InChI=1S/C23H20O2S.C4H8/c1-16(24)23-20(19-11-4-5-14-22(19)26-23)12-7-15-25-21-13-6-9-17-8-2-3-10-18(17)21;1-4-2-3-4/h2-6,8-11,13-14H,7,12,15H2,1H3;4H,2-3H2,1H3. The summed E-state index contributed by atoms with van der Waals surface area (Å²) in [6.07, 6.45) is 4.70. The number of ether oxygens (including phenoxy) is 1. The molecule has 0 radical (unpaired) electrons. The third-order valence-electron chi connectivity index (χ3n) is 5.46. The van der Waals surface area contributed by atoms with Crippen LogP contribution in [0.25, 0.3) is 20.9 Å². The number of ketones is 1. The monoisotopic (exact) mass is 416 g/mol. The molecule has 0 atom stereocenters. The SMILES string of the molecule is CC(=O)c1sc2ccccc2c1CCCOc1cccc2ccccc12.CC1CC1. The zero-order valence-electron chi connectivity index (χ0n) is 17.7. The van der Waals surface area contributed by atoms with Gasteiger partial charge in [0.05, 0.1) is 11.5 Å². The van der Waals surface area contributed by atoms with Crippen LogP contribution < -0.4 is 4.74 Å².